The van der Waals surface area contributed by atoms with E-state index in [0.717, 1.165) is 10.9 Å². The topological polar surface area (TPSA) is 66.4 Å². The molecule has 6 heteroatoms. The minimum atomic E-state index is -1.21. The van der Waals surface area contributed by atoms with Crippen molar-refractivity contribution in [1.29, 1.82) is 0 Å². The molecule has 2 N–H and O–H groups in total. The first-order chi connectivity index (χ1) is 9.06. The Balaban J connectivity index is 2.07. The van der Waals surface area contributed by atoms with Crippen molar-refractivity contribution in [3.05, 3.63) is 52.0 Å². The van der Waals surface area contributed by atoms with Gasteiger partial charge in [0.15, 0.2) is 0 Å². The predicted molar refractivity (Wildman–Crippen MR) is 70.0 cm³/mol. The van der Waals surface area contributed by atoms with Crippen LogP contribution in [0.25, 0.3) is 0 Å². The van der Waals surface area contributed by atoms with Gasteiger partial charge in [-0.05, 0) is 29.6 Å². The highest BCUT2D eigenvalue weighted by Crippen LogP contribution is 2.17. The van der Waals surface area contributed by atoms with Crippen LogP contribution in [-0.2, 0) is 11.2 Å². The van der Waals surface area contributed by atoms with Gasteiger partial charge >= 0.3 is 5.97 Å². The molecule has 1 heterocycles. The Kier molecular flexibility index (Phi) is 3.91. The highest BCUT2D eigenvalue weighted by molar-refractivity contribution is 7.10. The number of carbonyl (C=O) groups is 2. The Labute approximate surface area is 112 Å². The molecule has 0 aliphatic heterocycles. The van der Waals surface area contributed by atoms with E-state index in [1.807, 2.05) is 17.5 Å². The molecule has 19 heavy (non-hydrogen) atoms. The van der Waals surface area contributed by atoms with E-state index in [1.54, 1.807) is 0 Å². The maximum atomic E-state index is 13.6. The van der Waals surface area contributed by atoms with E-state index in [-0.39, 0.29) is 23.6 Å². The fraction of sp³-hybridized carbons (Fsp3) is 0.0769. The van der Waals surface area contributed by atoms with Crippen molar-refractivity contribution in [1.82, 2.24) is 0 Å². The number of hydrogen-bond donors (Lipinski definition) is 2. The summed E-state index contributed by atoms with van der Waals surface area (Å²) in [5.74, 6) is -2.32. The molecule has 0 spiro atoms. The molecule has 0 unspecified atom stereocenters. The van der Waals surface area contributed by atoms with Crippen LogP contribution in [0.2, 0.25) is 0 Å². The maximum Gasteiger partial charge on any atom is 0.335 e. The average Bonchev–Trinajstić information content (AvgIpc) is 2.84. The second-order valence-electron chi connectivity index (χ2n) is 3.80. The first-order valence-electron chi connectivity index (χ1n) is 5.41. The number of hydrogen-bond acceptors (Lipinski definition) is 3. The van der Waals surface area contributed by atoms with Crippen LogP contribution in [0.1, 0.15) is 15.2 Å². The first kappa shape index (κ1) is 13.2. The van der Waals surface area contributed by atoms with Crippen LogP contribution in [0.4, 0.5) is 10.1 Å². The molecule has 0 aliphatic rings. The van der Waals surface area contributed by atoms with Gasteiger partial charge in [0.1, 0.15) is 5.82 Å². The lowest BCUT2D eigenvalue weighted by Crippen LogP contribution is -2.15. The van der Waals surface area contributed by atoms with Gasteiger partial charge in [-0.2, -0.15) is 0 Å². The lowest BCUT2D eigenvalue weighted by atomic mass is 10.2. The summed E-state index contributed by atoms with van der Waals surface area (Å²) < 4.78 is 13.6. The summed E-state index contributed by atoms with van der Waals surface area (Å²) in [4.78, 5) is 23.2. The van der Waals surface area contributed by atoms with Gasteiger partial charge in [0.25, 0.3) is 0 Å². The largest absolute Gasteiger partial charge is 0.478 e. The second-order valence-corrected chi connectivity index (χ2v) is 4.84. The third-order valence-corrected chi connectivity index (χ3v) is 3.28. The normalized spacial score (nSPS) is 10.2. The second kappa shape index (κ2) is 5.62. The zero-order chi connectivity index (χ0) is 13.8. The first-order valence-corrected chi connectivity index (χ1v) is 6.29. The average molecular weight is 279 g/mol. The van der Waals surface area contributed by atoms with Crippen LogP contribution in [0.15, 0.2) is 35.7 Å². The van der Waals surface area contributed by atoms with Crippen molar-refractivity contribution in [3.8, 4) is 0 Å². The van der Waals surface area contributed by atoms with Crippen LogP contribution in [-0.4, -0.2) is 17.0 Å². The Morgan fingerprint density at radius 3 is 2.68 bits per heavy atom. The van der Waals surface area contributed by atoms with Gasteiger partial charge in [-0.15, -0.1) is 11.3 Å². The monoisotopic (exact) mass is 279 g/mol. The fourth-order valence-electron chi connectivity index (χ4n) is 1.52. The molecular formula is C13H10FNO3S. The molecule has 0 aliphatic carbocycles. The van der Waals surface area contributed by atoms with Crippen LogP contribution in [0.5, 0.6) is 0 Å². The SMILES string of the molecule is O=C(Cc1cccs1)Nc1ccc(C(=O)O)cc1F. The zero-order valence-electron chi connectivity index (χ0n) is 9.72. The van der Waals surface area contributed by atoms with Crippen LogP contribution >= 0.6 is 11.3 Å². The number of amides is 1. The van der Waals surface area contributed by atoms with Crippen LogP contribution in [0.3, 0.4) is 0 Å². The number of aromatic carboxylic acids is 1. The molecule has 98 valence electrons. The molecule has 0 fully saturated rings. The Hall–Kier alpha value is -2.21. The van der Waals surface area contributed by atoms with Crippen molar-refractivity contribution in [2.75, 3.05) is 5.32 Å². The van der Waals surface area contributed by atoms with E-state index >= 15 is 0 Å². The Bertz CT molecular complexity index is 610. The number of nitrogens with one attached hydrogen (secondary N) is 1. The molecule has 1 amide bonds. The van der Waals surface area contributed by atoms with Gasteiger partial charge in [0.05, 0.1) is 17.7 Å². The highest BCUT2D eigenvalue weighted by Gasteiger charge is 2.11. The maximum absolute atomic E-state index is 13.6. The molecule has 2 rings (SSSR count). The van der Waals surface area contributed by atoms with E-state index in [2.05, 4.69) is 5.32 Å². The van der Waals surface area contributed by atoms with Gasteiger partial charge in [-0.1, -0.05) is 6.07 Å². The number of carbonyl (C=O) groups excluding carboxylic acids is 1. The summed E-state index contributed by atoms with van der Waals surface area (Å²) in [7, 11) is 0. The highest BCUT2D eigenvalue weighted by atomic mass is 32.1. The minimum absolute atomic E-state index is 0.0217. The summed E-state index contributed by atoms with van der Waals surface area (Å²) in [6.07, 6.45) is 0.164. The summed E-state index contributed by atoms with van der Waals surface area (Å²) in [6.45, 7) is 0. The smallest absolute Gasteiger partial charge is 0.335 e. The summed E-state index contributed by atoms with van der Waals surface area (Å²) in [6, 6.07) is 7.00. The molecule has 4 nitrogen and oxygen atoms in total. The number of carboxylic acids is 1. The van der Waals surface area contributed by atoms with Crippen LogP contribution in [0, 0.1) is 5.82 Å². The number of halogens is 1. The Morgan fingerprint density at radius 1 is 1.32 bits per heavy atom. The van der Waals surface area contributed by atoms with Crippen molar-refractivity contribution >= 4 is 28.9 Å². The van der Waals surface area contributed by atoms with Gasteiger partial charge < -0.3 is 10.4 Å². The number of benzene rings is 1. The van der Waals surface area contributed by atoms with Gasteiger partial charge in [-0.3, -0.25) is 4.79 Å². The van der Waals surface area contributed by atoms with Crippen molar-refractivity contribution in [2.24, 2.45) is 0 Å². The van der Waals surface area contributed by atoms with Crippen molar-refractivity contribution in [3.63, 3.8) is 0 Å². The summed E-state index contributed by atoms with van der Waals surface area (Å²) in [5, 5.41) is 13.0. The van der Waals surface area contributed by atoms with E-state index in [1.165, 1.54) is 23.5 Å². The third kappa shape index (κ3) is 3.38. The number of anilines is 1. The molecular weight excluding hydrogens is 269 g/mol. The van der Waals surface area contributed by atoms with E-state index in [4.69, 9.17) is 5.11 Å². The van der Waals surface area contributed by atoms with Gasteiger partial charge in [-0.25, -0.2) is 9.18 Å². The number of thiophene rings is 1. The lowest BCUT2D eigenvalue weighted by Gasteiger charge is -2.06. The van der Waals surface area contributed by atoms with E-state index < -0.39 is 11.8 Å². The molecule has 0 atom stereocenters. The molecule has 1 aromatic heterocycles. The standard InChI is InChI=1S/C13H10FNO3S/c14-10-6-8(13(17)18)3-4-11(10)15-12(16)7-9-2-1-5-19-9/h1-6H,7H2,(H,15,16)(H,17,18). The minimum Gasteiger partial charge on any atom is -0.478 e. The molecule has 0 radical (unpaired) electrons. The zero-order valence-corrected chi connectivity index (χ0v) is 10.5. The van der Waals surface area contributed by atoms with Crippen LogP contribution < -0.4 is 5.32 Å². The van der Waals surface area contributed by atoms with Gasteiger partial charge in [0.2, 0.25) is 5.91 Å². The van der Waals surface area contributed by atoms with Crippen molar-refractivity contribution < 1.29 is 19.1 Å². The van der Waals surface area contributed by atoms with Crippen molar-refractivity contribution in [2.45, 2.75) is 6.42 Å². The lowest BCUT2D eigenvalue weighted by molar-refractivity contribution is -0.115. The molecule has 0 saturated carbocycles. The number of rotatable bonds is 4. The van der Waals surface area contributed by atoms with E-state index in [0.29, 0.717) is 0 Å². The molecule has 0 saturated heterocycles. The Morgan fingerprint density at radius 2 is 2.11 bits per heavy atom. The number of carboxylic acid groups (broad SMARTS) is 1. The molecule has 2 aromatic rings. The fourth-order valence-corrected chi connectivity index (χ4v) is 2.22. The summed E-state index contributed by atoms with van der Waals surface area (Å²) in [5.41, 5.74) is -0.180. The van der Waals surface area contributed by atoms with Gasteiger partial charge in [0, 0.05) is 4.88 Å². The van der Waals surface area contributed by atoms with E-state index in [9.17, 15) is 14.0 Å². The third-order valence-electron chi connectivity index (χ3n) is 2.41. The predicted octanol–water partition coefficient (Wildman–Crippen LogP) is 2.77. The quantitative estimate of drug-likeness (QED) is 0.904. The molecule has 0 bridgehead atoms. The summed E-state index contributed by atoms with van der Waals surface area (Å²) >= 11 is 1.44. The molecule has 1 aromatic carbocycles.